The second-order valence-corrected chi connectivity index (χ2v) is 16.0. The molecule has 0 saturated carbocycles. The van der Waals surface area contributed by atoms with Crippen molar-refractivity contribution in [1.82, 2.24) is 9.80 Å². The van der Waals surface area contributed by atoms with Gasteiger partial charge in [0.05, 0.1) is 0 Å². The fourth-order valence-corrected chi connectivity index (χ4v) is 8.62. The van der Waals surface area contributed by atoms with Gasteiger partial charge in [-0.1, -0.05) is 0 Å². The Morgan fingerprint density at radius 3 is 2.00 bits per heavy atom. The second kappa shape index (κ2) is 12.5. The SMILES string of the molecule is CCCN(C)CC[CH2][In]([CH3])[CH2]CCN(CC)C(C)C. The molecule has 0 bridgehead atoms. The quantitative estimate of drug-likeness (QED) is 0.512. The third-order valence-corrected chi connectivity index (χ3v) is 12.1. The fourth-order valence-electron chi connectivity index (χ4n) is 2.77. The van der Waals surface area contributed by atoms with Gasteiger partial charge in [-0.3, -0.25) is 0 Å². The molecule has 0 atom stereocenters. The molecule has 0 amide bonds. The van der Waals surface area contributed by atoms with E-state index in [1.807, 2.05) is 0 Å². The molecule has 0 aliphatic rings. The van der Waals surface area contributed by atoms with Gasteiger partial charge < -0.3 is 0 Å². The molecule has 0 aromatic heterocycles. The maximum absolute atomic E-state index is 2.63. The zero-order valence-corrected chi connectivity index (χ0v) is 17.7. The molecule has 0 aromatic rings. The molecule has 0 heterocycles. The summed E-state index contributed by atoms with van der Waals surface area (Å²) in [6, 6.07) is 0.721. The van der Waals surface area contributed by atoms with E-state index >= 15 is 0 Å². The van der Waals surface area contributed by atoms with Gasteiger partial charge in [0.25, 0.3) is 0 Å². The maximum atomic E-state index is 2.63. The molecule has 0 saturated heterocycles. The van der Waals surface area contributed by atoms with Gasteiger partial charge in [-0.05, 0) is 0 Å². The molecule has 19 heavy (non-hydrogen) atoms. The van der Waals surface area contributed by atoms with Crippen LogP contribution in [0, 0.1) is 0 Å². The van der Waals surface area contributed by atoms with Gasteiger partial charge in [-0.25, -0.2) is 0 Å². The van der Waals surface area contributed by atoms with Crippen molar-refractivity contribution in [1.29, 1.82) is 0 Å². The van der Waals surface area contributed by atoms with Gasteiger partial charge in [-0.2, -0.15) is 0 Å². The van der Waals surface area contributed by atoms with E-state index in [0.29, 0.717) is 0 Å². The summed E-state index contributed by atoms with van der Waals surface area (Å²) in [5.41, 5.74) is 0. The first kappa shape index (κ1) is 19.8. The molecule has 2 nitrogen and oxygen atoms in total. The zero-order chi connectivity index (χ0) is 14.7. The number of rotatable bonds is 12. The van der Waals surface area contributed by atoms with Crippen LogP contribution in [0.25, 0.3) is 0 Å². The van der Waals surface area contributed by atoms with Crippen molar-refractivity contribution in [3.8, 4) is 0 Å². The molecule has 0 N–H and O–H groups in total. The third-order valence-electron chi connectivity index (χ3n) is 4.12. The van der Waals surface area contributed by atoms with Gasteiger partial charge in [0.2, 0.25) is 0 Å². The Hall–Kier alpha value is 0.790. The zero-order valence-electron chi connectivity index (χ0n) is 14.4. The first-order valence-corrected chi connectivity index (χ1v) is 16.4. The minimum atomic E-state index is -1.11. The Morgan fingerprint density at radius 2 is 1.53 bits per heavy atom. The molecule has 0 aliphatic heterocycles. The Morgan fingerprint density at radius 1 is 0.947 bits per heavy atom. The van der Waals surface area contributed by atoms with E-state index in [0.717, 1.165) is 6.04 Å². The van der Waals surface area contributed by atoms with E-state index < -0.39 is 21.4 Å². The molecular formula is C16H37InN2. The van der Waals surface area contributed by atoms with Crippen LogP contribution in [0.2, 0.25) is 13.0 Å². The van der Waals surface area contributed by atoms with Crippen LogP contribution >= 0.6 is 0 Å². The van der Waals surface area contributed by atoms with Crippen LogP contribution in [0.3, 0.4) is 0 Å². The average molecular weight is 372 g/mol. The summed E-state index contributed by atoms with van der Waals surface area (Å²) >= 11 is -1.11. The molecule has 0 aliphatic carbocycles. The summed E-state index contributed by atoms with van der Waals surface area (Å²) in [5, 5.41) is 0. The summed E-state index contributed by atoms with van der Waals surface area (Å²) < 4.78 is 5.83. The topological polar surface area (TPSA) is 6.48 Å². The van der Waals surface area contributed by atoms with E-state index in [1.54, 1.807) is 8.35 Å². The van der Waals surface area contributed by atoms with Crippen LogP contribution in [0.1, 0.15) is 47.0 Å². The Kier molecular flexibility index (Phi) is 13.0. The minimum absolute atomic E-state index is 0.721. The van der Waals surface area contributed by atoms with Gasteiger partial charge in [0.15, 0.2) is 0 Å². The van der Waals surface area contributed by atoms with E-state index in [1.165, 1.54) is 45.4 Å². The van der Waals surface area contributed by atoms with E-state index in [2.05, 4.69) is 49.2 Å². The summed E-state index contributed by atoms with van der Waals surface area (Å²) in [5.74, 6) is 0. The monoisotopic (exact) mass is 372 g/mol. The molecule has 3 heteroatoms. The van der Waals surface area contributed by atoms with Gasteiger partial charge in [0, 0.05) is 0 Å². The normalized spacial score (nSPS) is 11.8. The van der Waals surface area contributed by atoms with Crippen molar-refractivity contribution in [3.05, 3.63) is 0 Å². The number of nitrogens with zero attached hydrogens (tertiary/aromatic N) is 2. The third kappa shape index (κ3) is 11.2. The second-order valence-electron chi connectivity index (χ2n) is 6.42. The van der Waals surface area contributed by atoms with Crippen molar-refractivity contribution in [2.45, 2.75) is 66.0 Å². The van der Waals surface area contributed by atoms with Crippen LogP contribution in [-0.2, 0) is 0 Å². The molecule has 0 rings (SSSR count). The fraction of sp³-hybridized carbons (Fsp3) is 1.00. The summed E-state index contributed by atoms with van der Waals surface area (Å²) in [6.45, 7) is 14.3. The van der Waals surface area contributed by atoms with Crippen LogP contribution in [0.15, 0.2) is 0 Å². The van der Waals surface area contributed by atoms with Crippen molar-refractivity contribution in [2.24, 2.45) is 0 Å². The van der Waals surface area contributed by atoms with E-state index in [-0.39, 0.29) is 0 Å². The van der Waals surface area contributed by atoms with Gasteiger partial charge in [-0.15, -0.1) is 0 Å². The van der Waals surface area contributed by atoms with E-state index in [9.17, 15) is 0 Å². The van der Waals surface area contributed by atoms with E-state index in [4.69, 9.17) is 0 Å². The predicted molar refractivity (Wildman–Crippen MR) is 90.6 cm³/mol. The first-order valence-electron chi connectivity index (χ1n) is 8.43. The summed E-state index contributed by atoms with van der Waals surface area (Å²) in [4.78, 5) is 5.10. The standard InChI is InChI=1S/C8H18N.C7H16N.CH3.In/c1-5-7-9(6-2)8(3)4;1-4-6-8(3)7-5-2;;/h8H,1,5-7H2,2-4H3;1,4-7H2,2-3H3;1H3;. The molecule has 0 aromatic carbocycles. The molecule has 0 radical (unpaired) electrons. The van der Waals surface area contributed by atoms with Gasteiger partial charge in [0.1, 0.15) is 0 Å². The average Bonchev–Trinajstić information content (AvgIpc) is 2.34. The molecule has 114 valence electrons. The summed E-state index contributed by atoms with van der Waals surface area (Å²) in [6.07, 6.45) is 4.20. The molecule has 0 spiro atoms. The van der Waals surface area contributed by atoms with Crippen LogP contribution < -0.4 is 0 Å². The molecule has 0 unspecified atom stereocenters. The summed E-state index contributed by atoms with van der Waals surface area (Å²) in [7, 11) is 2.27. The number of hydrogen-bond donors (Lipinski definition) is 0. The van der Waals surface area contributed by atoms with Crippen molar-refractivity contribution >= 4 is 21.4 Å². The van der Waals surface area contributed by atoms with Crippen LogP contribution in [0.5, 0.6) is 0 Å². The van der Waals surface area contributed by atoms with Crippen molar-refractivity contribution in [3.63, 3.8) is 0 Å². The first-order chi connectivity index (χ1) is 9.01. The molecular weight excluding hydrogens is 335 g/mol. The van der Waals surface area contributed by atoms with Gasteiger partial charge >= 0.3 is 130 Å². The predicted octanol–water partition coefficient (Wildman–Crippen LogP) is 3.96. The van der Waals surface area contributed by atoms with Crippen molar-refractivity contribution < 1.29 is 0 Å². The van der Waals surface area contributed by atoms with Crippen molar-refractivity contribution in [2.75, 3.05) is 33.2 Å². The Labute approximate surface area is 130 Å². The van der Waals surface area contributed by atoms with Crippen LogP contribution in [-0.4, -0.2) is 70.5 Å². The number of hydrogen-bond acceptors (Lipinski definition) is 2. The Bertz CT molecular complexity index is 197. The molecule has 0 fully saturated rings. The Balaban J connectivity index is 3.56. The van der Waals surface area contributed by atoms with Crippen LogP contribution in [0.4, 0.5) is 0 Å².